The van der Waals surface area contributed by atoms with Crippen LogP contribution in [0, 0.1) is 17.8 Å². The number of rotatable bonds is 9. The van der Waals surface area contributed by atoms with Crippen LogP contribution in [0.4, 0.5) is 0 Å². The van der Waals surface area contributed by atoms with Gasteiger partial charge >= 0.3 is 0 Å². The van der Waals surface area contributed by atoms with E-state index in [-0.39, 0.29) is 5.60 Å². The van der Waals surface area contributed by atoms with E-state index >= 15 is 0 Å². The largest absolute Gasteiger partial charge is 0.493 e. The summed E-state index contributed by atoms with van der Waals surface area (Å²) in [7, 11) is 3.34. The second-order valence-electron chi connectivity index (χ2n) is 8.42. The molecular formula is C22H37NO3. The molecule has 0 spiro atoms. The predicted octanol–water partition coefficient (Wildman–Crippen LogP) is 4.66. The summed E-state index contributed by atoms with van der Waals surface area (Å²) in [6.45, 7) is 12.0. The first-order valence-corrected chi connectivity index (χ1v) is 9.92. The highest BCUT2D eigenvalue weighted by Crippen LogP contribution is 2.37. The fourth-order valence-electron chi connectivity index (χ4n) is 4.25. The number of methoxy groups -OCH3 is 2. The molecule has 1 aromatic rings. The van der Waals surface area contributed by atoms with Crippen molar-refractivity contribution in [2.24, 2.45) is 17.8 Å². The molecule has 1 aliphatic rings. The first kappa shape index (κ1) is 21.0. The minimum atomic E-state index is 0.0309. The minimum absolute atomic E-state index is 0.0309. The van der Waals surface area contributed by atoms with Gasteiger partial charge in [0.15, 0.2) is 11.5 Å². The van der Waals surface area contributed by atoms with Gasteiger partial charge in [0.25, 0.3) is 0 Å². The lowest BCUT2D eigenvalue weighted by atomic mass is 9.73. The standard InChI is InChI=1S/C22H37NO3/c1-16(2)19(18-10-12-26-22(3,4)14-18)9-11-23-15-17-7-8-20(24-5)21(13-17)25-6/h7-8,13,16,18-19,23H,9-12,14-15H2,1-6H3/t18-,19+/m0/s1. The van der Waals surface area contributed by atoms with E-state index in [0.717, 1.165) is 43.0 Å². The monoisotopic (exact) mass is 363 g/mol. The zero-order valence-electron chi connectivity index (χ0n) is 17.4. The zero-order valence-corrected chi connectivity index (χ0v) is 17.4. The Hall–Kier alpha value is -1.26. The molecule has 0 unspecified atom stereocenters. The molecule has 2 rings (SSSR count). The van der Waals surface area contributed by atoms with Gasteiger partial charge in [-0.15, -0.1) is 0 Å². The first-order chi connectivity index (χ1) is 12.4. The highest BCUT2D eigenvalue weighted by Gasteiger charge is 2.34. The maximum atomic E-state index is 5.91. The van der Waals surface area contributed by atoms with Crippen molar-refractivity contribution in [1.82, 2.24) is 5.32 Å². The average molecular weight is 364 g/mol. The Balaban J connectivity index is 1.85. The van der Waals surface area contributed by atoms with Crippen LogP contribution >= 0.6 is 0 Å². The Bertz CT molecular complexity index is 556. The molecule has 1 saturated heterocycles. The molecule has 2 atom stereocenters. The second-order valence-corrected chi connectivity index (χ2v) is 8.42. The van der Waals surface area contributed by atoms with Crippen LogP contribution in [-0.4, -0.2) is 33.0 Å². The van der Waals surface area contributed by atoms with E-state index in [1.54, 1.807) is 14.2 Å². The topological polar surface area (TPSA) is 39.7 Å². The summed E-state index contributed by atoms with van der Waals surface area (Å²) >= 11 is 0. The van der Waals surface area contributed by atoms with Gasteiger partial charge < -0.3 is 19.5 Å². The van der Waals surface area contributed by atoms with Crippen LogP contribution < -0.4 is 14.8 Å². The number of ether oxygens (including phenoxy) is 3. The maximum absolute atomic E-state index is 5.91. The molecule has 0 amide bonds. The Kier molecular flexibility index (Phi) is 7.78. The van der Waals surface area contributed by atoms with Crippen LogP contribution in [0.5, 0.6) is 11.5 Å². The fourth-order valence-corrected chi connectivity index (χ4v) is 4.25. The molecule has 1 aliphatic heterocycles. The Morgan fingerprint density at radius 3 is 2.54 bits per heavy atom. The van der Waals surface area contributed by atoms with Crippen LogP contribution in [0.1, 0.15) is 52.5 Å². The highest BCUT2D eigenvalue weighted by atomic mass is 16.5. The molecule has 0 radical (unpaired) electrons. The van der Waals surface area contributed by atoms with Crippen LogP contribution in [0.25, 0.3) is 0 Å². The predicted molar refractivity (Wildman–Crippen MR) is 107 cm³/mol. The highest BCUT2D eigenvalue weighted by molar-refractivity contribution is 5.42. The fraction of sp³-hybridized carbons (Fsp3) is 0.727. The molecule has 1 fully saturated rings. The van der Waals surface area contributed by atoms with Crippen molar-refractivity contribution in [3.05, 3.63) is 23.8 Å². The molecule has 1 heterocycles. The van der Waals surface area contributed by atoms with Gasteiger partial charge in [-0.1, -0.05) is 19.9 Å². The van der Waals surface area contributed by atoms with Crippen molar-refractivity contribution in [1.29, 1.82) is 0 Å². The lowest BCUT2D eigenvalue weighted by Crippen LogP contribution is -2.38. The van der Waals surface area contributed by atoms with Crippen LogP contribution in [0.15, 0.2) is 18.2 Å². The molecule has 1 aromatic carbocycles. The van der Waals surface area contributed by atoms with E-state index < -0.39 is 0 Å². The van der Waals surface area contributed by atoms with E-state index in [4.69, 9.17) is 14.2 Å². The summed E-state index contributed by atoms with van der Waals surface area (Å²) in [4.78, 5) is 0. The molecule has 4 nitrogen and oxygen atoms in total. The third kappa shape index (κ3) is 5.88. The molecule has 0 aromatic heterocycles. The Morgan fingerprint density at radius 1 is 1.19 bits per heavy atom. The van der Waals surface area contributed by atoms with Crippen molar-refractivity contribution in [3.63, 3.8) is 0 Å². The normalized spacial score (nSPS) is 20.8. The van der Waals surface area contributed by atoms with Gasteiger partial charge in [-0.25, -0.2) is 0 Å². The van der Waals surface area contributed by atoms with Gasteiger partial charge in [0.05, 0.1) is 19.8 Å². The maximum Gasteiger partial charge on any atom is 0.161 e. The number of hydrogen-bond acceptors (Lipinski definition) is 4. The lowest BCUT2D eigenvalue weighted by molar-refractivity contribution is -0.0867. The molecular weight excluding hydrogens is 326 g/mol. The van der Waals surface area contributed by atoms with Crippen molar-refractivity contribution in [3.8, 4) is 11.5 Å². The van der Waals surface area contributed by atoms with Crippen molar-refractivity contribution in [2.75, 3.05) is 27.4 Å². The number of nitrogens with one attached hydrogen (secondary N) is 1. The van der Waals surface area contributed by atoms with Gasteiger partial charge in [-0.2, -0.15) is 0 Å². The molecule has 0 aliphatic carbocycles. The van der Waals surface area contributed by atoms with Gasteiger partial charge in [0, 0.05) is 13.2 Å². The number of hydrogen-bond donors (Lipinski definition) is 1. The summed E-state index contributed by atoms with van der Waals surface area (Å²) in [5.41, 5.74) is 1.25. The van der Waals surface area contributed by atoms with Gasteiger partial charge in [-0.3, -0.25) is 0 Å². The third-order valence-electron chi connectivity index (χ3n) is 5.63. The van der Waals surface area contributed by atoms with Crippen LogP contribution in [0.3, 0.4) is 0 Å². The molecule has 26 heavy (non-hydrogen) atoms. The van der Waals surface area contributed by atoms with Crippen LogP contribution in [-0.2, 0) is 11.3 Å². The number of benzene rings is 1. The van der Waals surface area contributed by atoms with Gasteiger partial charge in [-0.05, 0) is 75.1 Å². The zero-order chi connectivity index (χ0) is 19.2. The third-order valence-corrected chi connectivity index (χ3v) is 5.63. The lowest BCUT2D eigenvalue weighted by Gasteiger charge is -2.40. The van der Waals surface area contributed by atoms with Gasteiger partial charge in [0.2, 0.25) is 0 Å². The summed E-state index contributed by atoms with van der Waals surface area (Å²) in [5, 5.41) is 3.61. The quantitative estimate of drug-likeness (QED) is 0.648. The van der Waals surface area contributed by atoms with E-state index in [1.165, 1.54) is 24.8 Å². The van der Waals surface area contributed by atoms with Gasteiger partial charge in [0.1, 0.15) is 0 Å². The van der Waals surface area contributed by atoms with E-state index in [9.17, 15) is 0 Å². The molecule has 148 valence electrons. The van der Waals surface area contributed by atoms with Crippen molar-refractivity contribution < 1.29 is 14.2 Å². The van der Waals surface area contributed by atoms with E-state index in [1.807, 2.05) is 12.1 Å². The minimum Gasteiger partial charge on any atom is -0.493 e. The SMILES string of the molecule is COc1ccc(CNCC[C@H](C(C)C)[C@H]2CCOC(C)(C)C2)cc1OC. The Labute approximate surface area is 159 Å². The van der Waals surface area contributed by atoms with Crippen molar-refractivity contribution >= 4 is 0 Å². The molecule has 1 N–H and O–H groups in total. The van der Waals surface area contributed by atoms with Crippen LogP contribution in [0.2, 0.25) is 0 Å². The second kappa shape index (κ2) is 9.61. The summed E-state index contributed by atoms with van der Waals surface area (Å²) < 4.78 is 16.6. The first-order valence-electron chi connectivity index (χ1n) is 9.92. The summed E-state index contributed by atoms with van der Waals surface area (Å²) in [6.07, 6.45) is 3.58. The van der Waals surface area contributed by atoms with Crippen molar-refractivity contribution in [2.45, 2.75) is 59.1 Å². The average Bonchev–Trinajstić information content (AvgIpc) is 2.60. The van der Waals surface area contributed by atoms with E-state index in [2.05, 4.69) is 39.1 Å². The van der Waals surface area contributed by atoms with E-state index in [0.29, 0.717) is 5.92 Å². The summed E-state index contributed by atoms with van der Waals surface area (Å²) in [6, 6.07) is 6.11. The Morgan fingerprint density at radius 2 is 1.92 bits per heavy atom. The smallest absolute Gasteiger partial charge is 0.161 e. The molecule has 0 saturated carbocycles. The molecule has 0 bridgehead atoms. The summed E-state index contributed by atoms with van der Waals surface area (Å²) in [5.74, 6) is 3.78. The molecule has 4 heteroatoms.